The quantitative estimate of drug-likeness (QED) is 0.0464. The molecule has 33 nitrogen and oxygen atoms in total. The zero-order chi connectivity index (χ0) is 92.8. The van der Waals surface area contributed by atoms with Crippen molar-refractivity contribution in [1.82, 2.24) is 36.5 Å². The number of amides is 4. The minimum absolute atomic E-state index is 0.00190. The number of ether oxygens (including phenoxy) is 5. The number of carbonyl (C=O) groups is 4. The lowest BCUT2D eigenvalue weighted by Crippen LogP contribution is -2.40. The van der Waals surface area contributed by atoms with E-state index in [4.69, 9.17) is 23.7 Å². The van der Waals surface area contributed by atoms with E-state index in [0.717, 1.165) is 131 Å². The molecule has 680 valence electrons. The Labute approximate surface area is 750 Å². The number of aromatic nitrogens is 8. The van der Waals surface area contributed by atoms with Crippen LogP contribution < -0.4 is 69.3 Å². The summed E-state index contributed by atoms with van der Waals surface area (Å²) in [5.41, 5.74) is 4.23. The van der Waals surface area contributed by atoms with Crippen molar-refractivity contribution >= 4 is 93.2 Å². The second-order valence-corrected chi connectivity index (χ2v) is 34.0. The lowest BCUT2D eigenvalue weighted by molar-refractivity contribution is -0.137. The predicted octanol–water partition coefficient (Wildman–Crippen LogP) is 11.8. The van der Waals surface area contributed by atoms with E-state index in [9.17, 15) is 75.1 Å². The molecule has 4 amide bonds. The first-order chi connectivity index (χ1) is 63.5. The van der Waals surface area contributed by atoms with Crippen LogP contribution >= 0.6 is 0 Å². The predicted molar refractivity (Wildman–Crippen MR) is 481 cm³/mol. The van der Waals surface area contributed by atoms with Crippen molar-refractivity contribution in [1.29, 1.82) is 0 Å². The third kappa shape index (κ3) is 19.5. The van der Waals surface area contributed by atoms with Gasteiger partial charge < -0.3 is 23.7 Å². The maximum absolute atomic E-state index is 13.0. The number of rotatable bonds is 17. The summed E-state index contributed by atoms with van der Waals surface area (Å²) in [7, 11) is 7.71. The Morgan fingerprint density at radius 1 is 0.348 bits per heavy atom. The Balaban J connectivity index is 0.000000123. The van der Waals surface area contributed by atoms with Gasteiger partial charge in [-0.1, -0.05) is 41.4 Å². The number of aryl methyl sites for hydroxylation is 1. The highest BCUT2D eigenvalue weighted by atomic mass is 19.4. The Morgan fingerprint density at radius 3 is 0.795 bits per heavy atom. The number of nitrogens with zero attached hydrogens (tertiary/aromatic N) is 16. The van der Waals surface area contributed by atoms with Crippen LogP contribution in [0.1, 0.15) is 184 Å². The van der Waals surface area contributed by atoms with Crippen molar-refractivity contribution in [2.45, 2.75) is 190 Å². The van der Waals surface area contributed by atoms with Crippen molar-refractivity contribution in [2.75, 3.05) is 81.3 Å². The summed E-state index contributed by atoms with van der Waals surface area (Å²) < 4.78 is 89.1. The highest BCUT2D eigenvalue weighted by Gasteiger charge is 2.43. The van der Waals surface area contributed by atoms with Gasteiger partial charge in [-0.3, -0.25) is 75.3 Å². The van der Waals surface area contributed by atoms with Crippen LogP contribution in [0.25, 0.3) is 0 Å². The van der Waals surface area contributed by atoms with Crippen LogP contribution in [0.3, 0.4) is 0 Å². The van der Waals surface area contributed by atoms with E-state index in [-0.39, 0.29) is 138 Å². The summed E-state index contributed by atoms with van der Waals surface area (Å²) in [6.07, 6.45) is 8.20. The maximum atomic E-state index is 13.0. The molecule has 8 aliphatic carbocycles. The molecular formula is C95H90F4N16O17. The van der Waals surface area contributed by atoms with Gasteiger partial charge in [-0.25, -0.2) is 62.7 Å². The van der Waals surface area contributed by atoms with E-state index in [1.807, 2.05) is 31.2 Å². The molecule has 8 saturated carbocycles. The van der Waals surface area contributed by atoms with Crippen LogP contribution in [0.2, 0.25) is 0 Å². The van der Waals surface area contributed by atoms with Crippen molar-refractivity contribution in [3.05, 3.63) is 220 Å². The molecule has 0 saturated heterocycles. The second kappa shape index (κ2) is 36.9. The van der Waals surface area contributed by atoms with Crippen LogP contribution in [0.5, 0.6) is 5.75 Å². The van der Waals surface area contributed by atoms with Crippen molar-refractivity contribution < 1.29 is 60.4 Å². The van der Waals surface area contributed by atoms with Gasteiger partial charge in [0.1, 0.15) is 34.8 Å². The van der Waals surface area contributed by atoms with Crippen LogP contribution in [0.4, 0.5) is 82.8 Å². The van der Waals surface area contributed by atoms with Gasteiger partial charge in [0, 0.05) is 125 Å². The van der Waals surface area contributed by atoms with E-state index in [0.29, 0.717) is 98.3 Å². The molecule has 0 unspecified atom stereocenters. The molecule has 12 aliphatic rings. The Hall–Kier alpha value is -14.9. The van der Waals surface area contributed by atoms with E-state index >= 15 is 0 Å². The standard InChI is InChI=1S/C24H21F3N4O4.C24H24N4O5.C24H24N4O4.C23H21FN4O4/c1-29(16-6-4-14(5-7-16)24(25,26)27)23(34)35-12-2-3-15-13-19-20(28-15)30(17-8-9-17)22(33)31(21(19)32)18-10-11-18;1-26(16-9-11-19(32-2)12-10-16)24(31)33-13-3-4-15-14-20-21(25-15)27(17-5-6-17)23(30)28(22(20)29)18-7-8-18;1-15-5-7-17(8-6-15)26(2)24(31)32-13-3-4-16-14-20-21(25-16)27(18-9-10-18)23(30)28(22(20)29)19-11-12-19;1-26(16-6-4-14(24)5-7-16)23(31)32-12-2-3-15-13-19-20(25-15)27(17-8-9-17)22(30)28(21(19)29)18-10-11-18/h4-7,17-18H,8-13H2,1H3;9-12,17-18H,5-8,13-14H2,1-2H3;5-8,18-19H,9-14H2,1-2H3;4-7,17-18H,8-13H2,1H3. The van der Waals surface area contributed by atoms with E-state index < -0.39 is 41.9 Å². The molecule has 8 heterocycles. The molecular weight excluding hydrogens is 1710 g/mol. The first kappa shape index (κ1) is 89.1. The number of halogens is 4. The Bertz CT molecular complexity index is 6790. The molecule has 4 aromatic heterocycles. The number of aliphatic imine (C=N–C) groups is 4. The molecule has 0 spiro atoms. The maximum Gasteiger partial charge on any atom is 0.416 e. The molecule has 20 rings (SSSR count). The fraction of sp³-hybridized carbons (Fsp3) is 0.411. The summed E-state index contributed by atoms with van der Waals surface area (Å²) >= 11 is 0. The topological polar surface area (TPSA) is 353 Å². The second-order valence-electron chi connectivity index (χ2n) is 34.0. The number of fused-ring (bicyclic) bond motifs is 4. The van der Waals surface area contributed by atoms with Crippen molar-refractivity contribution in [2.24, 2.45) is 20.0 Å². The van der Waals surface area contributed by atoms with Crippen LogP contribution in [-0.4, -0.2) is 145 Å². The molecule has 0 atom stereocenters. The van der Waals surface area contributed by atoms with Gasteiger partial charge in [0.15, 0.2) is 26.4 Å². The average Bonchev–Trinajstić information content (AvgIpc) is 1.60. The Morgan fingerprint density at radius 2 is 0.568 bits per heavy atom. The van der Waals surface area contributed by atoms with Gasteiger partial charge in [-0.15, -0.1) is 0 Å². The van der Waals surface area contributed by atoms with Crippen molar-refractivity contribution in [3.8, 4) is 53.1 Å². The third-order valence-corrected chi connectivity index (χ3v) is 24.0. The zero-order valence-corrected chi connectivity index (χ0v) is 72.9. The zero-order valence-electron chi connectivity index (χ0n) is 72.9. The summed E-state index contributed by atoms with van der Waals surface area (Å²) in [6.45, 7) is 1.33. The van der Waals surface area contributed by atoms with Crippen LogP contribution in [0.15, 0.2) is 155 Å². The Kier molecular flexibility index (Phi) is 24.9. The van der Waals surface area contributed by atoms with Gasteiger partial charge in [-0.05, 0) is 218 Å². The average molecular weight is 1800 g/mol. The molecule has 37 heteroatoms. The summed E-state index contributed by atoms with van der Waals surface area (Å²) in [4.78, 5) is 175. The molecule has 132 heavy (non-hydrogen) atoms. The number of benzene rings is 4. The van der Waals surface area contributed by atoms with Gasteiger partial charge >= 0.3 is 53.3 Å². The smallest absolute Gasteiger partial charge is 0.416 e. The number of carbonyl (C=O) groups excluding carboxylic acids is 4. The van der Waals surface area contributed by atoms with Crippen molar-refractivity contribution in [3.63, 3.8) is 0 Å². The molecule has 0 N–H and O–H groups in total. The summed E-state index contributed by atoms with van der Waals surface area (Å²) in [5, 5.41) is 0. The van der Waals surface area contributed by atoms with Crippen LogP contribution in [0, 0.1) is 60.1 Å². The van der Waals surface area contributed by atoms with Gasteiger partial charge in [-0.2, -0.15) is 13.2 Å². The number of hydrogen-bond donors (Lipinski definition) is 0. The number of hydrogen-bond acceptors (Lipinski definition) is 21. The molecule has 4 aliphatic heterocycles. The highest BCUT2D eigenvalue weighted by Crippen LogP contribution is 2.45. The van der Waals surface area contributed by atoms with Gasteiger partial charge in [0.25, 0.3) is 22.2 Å². The molecule has 0 bridgehead atoms. The normalized spacial score (nSPS) is 16.6. The molecule has 4 aromatic carbocycles. The fourth-order valence-electron chi connectivity index (χ4n) is 15.6. The minimum atomic E-state index is -4.46. The summed E-state index contributed by atoms with van der Waals surface area (Å²) in [6, 6.07) is 24.5. The van der Waals surface area contributed by atoms with Gasteiger partial charge in [0.05, 0.1) is 57.8 Å². The van der Waals surface area contributed by atoms with Gasteiger partial charge in [0.2, 0.25) is 0 Å². The number of methoxy groups -OCH3 is 1. The van der Waals surface area contributed by atoms with Crippen LogP contribution in [-0.2, 0) is 50.8 Å². The number of alkyl halides is 3. The monoisotopic (exact) mass is 1800 g/mol. The SMILES string of the molecule is CN(C(=O)OCC#CC1=Nc2c(c(=O)n(C3CC3)c(=O)n2C2CC2)C1)c1ccc(C(F)(F)F)cc1.CN(C(=O)OCC#CC1=Nc2c(c(=O)n(C3CC3)c(=O)n2C2CC2)C1)c1ccc(F)cc1.COc1ccc(N(C)C(=O)OCC#CC2=Nc3c(c(=O)n(C4CC4)c(=O)n3C3CC3)C2)cc1.Cc1ccc(N(C)C(=O)OCC#CC2=Nc3c(c(=O)n(C4CC4)c(=O)n3C3CC3)C2)cc1. The van der Waals surface area contributed by atoms with E-state index in [1.54, 1.807) is 63.7 Å². The van der Waals surface area contributed by atoms with E-state index in [1.165, 1.54) is 83.5 Å². The first-order valence-electron chi connectivity index (χ1n) is 43.6. The highest BCUT2D eigenvalue weighted by molar-refractivity contribution is 6.08. The first-order valence-corrected chi connectivity index (χ1v) is 43.6. The summed E-state index contributed by atoms with van der Waals surface area (Å²) in [5.74, 6) is 24.5. The number of anilines is 4. The molecule has 0 radical (unpaired) electrons. The molecule has 8 aromatic rings. The molecule has 8 fully saturated rings. The lowest BCUT2D eigenvalue weighted by atomic mass is 10.2. The minimum Gasteiger partial charge on any atom is -0.497 e. The third-order valence-electron chi connectivity index (χ3n) is 24.0. The lowest BCUT2D eigenvalue weighted by Gasteiger charge is -2.17. The van der Waals surface area contributed by atoms with E-state index in [2.05, 4.69) is 67.3 Å². The fourth-order valence-corrected chi connectivity index (χ4v) is 15.6. The largest absolute Gasteiger partial charge is 0.497 e.